The molecule has 102 valence electrons. The summed E-state index contributed by atoms with van der Waals surface area (Å²) in [6, 6.07) is 3.82. The maximum atomic E-state index is 5.73. The van der Waals surface area contributed by atoms with Crippen LogP contribution < -0.4 is 15.2 Å². The lowest BCUT2D eigenvalue weighted by Crippen LogP contribution is -2.01. The number of H-pyrrole nitrogens is 1. The van der Waals surface area contributed by atoms with Crippen LogP contribution in [0.4, 0.5) is 0 Å². The standard InChI is InChI=1S/C13H16BrN3O2/c1-7-10(18-2)5-4-8(12(7)19-3)11-9(6-15)16-13(14)17-11/h4-5H,6,15H2,1-3H3,(H,16,17). The second-order valence-electron chi connectivity index (χ2n) is 4.03. The Morgan fingerprint density at radius 1 is 1.32 bits per heavy atom. The van der Waals surface area contributed by atoms with Gasteiger partial charge in [0.1, 0.15) is 11.5 Å². The summed E-state index contributed by atoms with van der Waals surface area (Å²) in [5, 5.41) is 0. The Morgan fingerprint density at radius 2 is 2.05 bits per heavy atom. The molecule has 0 saturated carbocycles. The Kier molecular flexibility index (Phi) is 4.11. The fourth-order valence-electron chi connectivity index (χ4n) is 2.09. The second-order valence-corrected chi connectivity index (χ2v) is 4.78. The highest BCUT2D eigenvalue weighted by molar-refractivity contribution is 9.10. The van der Waals surface area contributed by atoms with Gasteiger partial charge in [0.2, 0.25) is 0 Å². The molecular weight excluding hydrogens is 310 g/mol. The van der Waals surface area contributed by atoms with Gasteiger partial charge in [0, 0.05) is 17.7 Å². The van der Waals surface area contributed by atoms with E-state index in [-0.39, 0.29) is 0 Å². The van der Waals surface area contributed by atoms with Gasteiger partial charge in [-0.1, -0.05) is 0 Å². The van der Waals surface area contributed by atoms with E-state index in [1.807, 2.05) is 19.1 Å². The van der Waals surface area contributed by atoms with E-state index in [0.717, 1.165) is 34.0 Å². The van der Waals surface area contributed by atoms with Crippen LogP contribution in [-0.4, -0.2) is 24.2 Å². The summed E-state index contributed by atoms with van der Waals surface area (Å²) in [6.07, 6.45) is 0. The lowest BCUT2D eigenvalue weighted by atomic mass is 10.0. The number of benzene rings is 1. The van der Waals surface area contributed by atoms with Crippen molar-refractivity contribution < 1.29 is 9.47 Å². The van der Waals surface area contributed by atoms with Crippen molar-refractivity contribution in [1.29, 1.82) is 0 Å². The van der Waals surface area contributed by atoms with Crippen molar-refractivity contribution in [1.82, 2.24) is 9.97 Å². The lowest BCUT2D eigenvalue weighted by Gasteiger charge is -2.14. The van der Waals surface area contributed by atoms with E-state index in [4.69, 9.17) is 15.2 Å². The van der Waals surface area contributed by atoms with Gasteiger partial charge in [0.25, 0.3) is 0 Å². The van der Waals surface area contributed by atoms with Gasteiger partial charge in [-0.3, -0.25) is 0 Å². The summed E-state index contributed by atoms with van der Waals surface area (Å²) in [7, 11) is 3.27. The minimum absolute atomic E-state index is 0.377. The van der Waals surface area contributed by atoms with Gasteiger partial charge in [-0.25, -0.2) is 4.98 Å². The van der Waals surface area contributed by atoms with Crippen LogP contribution in [0.15, 0.2) is 16.9 Å². The molecular formula is C13H16BrN3O2. The molecule has 1 aromatic heterocycles. The monoisotopic (exact) mass is 325 g/mol. The van der Waals surface area contributed by atoms with Gasteiger partial charge in [-0.2, -0.15) is 0 Å². The van der Waals surface area contributed by atoms with Crippen molar-refractivity contribution in [2.75, 3.05) is 14.2 Å². The minimum Gasteiger partial charge on any atom is -0.496 e. The number of methoxy groups -OCH3 is 2. The number of ether oxygens (including phenoxy) is 2. The average Bonchev–Trinajstić information content (AvgIpc) is 2.79. The van der Waals surface area contributed by atoms with Gasteiger partial charge in [0.15, 0.2) is 4.73 Å². The molecule has 0 spiro atoms. The van der Waals surface area contributed by atoms with Crippen LogP contribution in [0, 0.1) is 6.92 Å². The summed E-state index contributed by atoms with van der Waals surface area (Å²) >= 11 is 3.33. The molecule has 2 rings (SSSR count). The number of rotatable bonds is 4. The van der Waals surface area contributed by atoms with Crippen molar-refractivity contribution >= 4 is 15.9 Å². The number of aromatic nitrogens is 2. The molecule has 0 aliphatic heterocycles. The Morgan fingerprint density at radius 3 is 2.63 bits per heavy atom. The molecule has 1 heterocycles. The predicted molar refractivity (Wildman–Crippen MR) is 77.5 cm³/mol. The summed E-state index contributed by atoms with van der Waals surface area (Å²) in [4.78, 5) is 7.50. The van der Waals surface area contributed by atoms with E-state index in [1.54, 1.807) is 14.2 Å². The maximum absolute atomic E-state index is 5.73. The summed E-state index contributed by atoms with van der Waals surface area (Å²) in [5.41, 5.74) is 9.20. The molecule has 1 aromatic carbocycles. The Bertz CT molecular complexity index is 596. The van der Waals surface area contributed by atoms with Crippen LogP contribution in [0.1, 0.15) is 11.3 Å². The number of nitrogens with one attached hydrogen (secondary N) is 1. The number of nitrogens with two attached hydrogens (primary N) is 1. The molecule has 0 amide bonds. The first-order valence-corrected chi connectivity index (χ1v) is 6.58. The highest BCUT2D eigenvalue weighted by Crippen LogP contribution is 2.38. The molecule has 0 radical (unpaired) electrons. The van der Waals surface area contributed by atoms with Crippen molar-refractivity contribution in [2.24, 2.45) is 5.73 Å². The van der Waals surface area contributed by atoms with Gasteiger partial charge < -0.3 is 20.2 Å². The molecule has 0 aliphatic rings. The van der Waals surface area contributed by atoms with Crippen LogP contribution in [0.3, 0.4) is 0 Å². The quantitative estimate of drug-likeness (QED) is 0.906. The molecule has 3 N–H and O–H groups in total. The zero-order valence-electron chi connectivity index (χ0n) is 11.1. The SMILES string of the molecule is COc1ccc(-c2nc(Br)[nH]c2CN)c(OC)c1C. The van der Waals surface area contributed by atoms with E-state index < -0.39 is 0 Å². The molecule has 0 aliphatic carbocycles. The number of halogens is 1. The van der Waals surface area contributed by atoms with E-state index >= 15 is 0 Å². The molecule has 0 saturated heterocycles. The van der Waals surface area contributed by atoms with Gasteiger partial charge in [-0.05, 0) is 35.0 Å². The summed E-state index contributed by atoms with van der Waals surface area (Å²) < 4.78 is 11.4. The van der Waals surface area contributed by atoms with Gasteiger partial charge >= 0.3 is 0 Å². The summed E-state index contributed by atoms with van der Waals surface area (Å²) in [5.74, 6) is 1.53. The number of hydrogen-bond donors (Lipinski definition) is 2. The topological polar surface area (TPSA) is 73.2 Å². The van der Waals surface area contributed by atoms with Crippen LogP contribution in [0.25, 0.3) is 11.3 Å². The number of aromatic amines is 1. The highest BCUT2D eigenvalue weighted by atomic mass is 79.9. The predicted octanol–water partition coefficient (Wildman–Crippen LogP) is 2.62. The van der Waals surface area contributed by atoms with Crippen LogP contribution in [0.5, 0.6) is 11.5 Å². The number of imidazole rings is 1. The van der Waals surface area contributed by atoms with Crippen molar-refractivity contribution in [2.45, 2.75) is 13.5 Å². The van der Waals surface area contributed by atoms with Crippen LogP contribution in [0.2, 0.25) is 0 Å². The molecule has 0 atom stereocenters. The maximum Gasteiger partial charge on any atom is 0.175 e. The Labute approximate surface area is 120 Å². The van der Waals surface area contributed by atoms with Crippen LogP contribution >= 0.6 is 15.9 Å². The van der Waals surface area contributed by atoms with E-state index in [0.29, 0.717) is 11.3 Å². The third-order valence-electron chi connectivity index (χ3n) is 2.99. The van der Waals surface area contributed by atoms with Crippen molar-refractivity contribution in [3.8, 4) is 22.8 Å². The third kappa shape index (κ3) is 2.46. The van der Waals surface area contributed by atoms with Crippen molar-refractivity contribution in [3.05, 3.63) is 28.1 Å². The Balaban J connectivity index is 2.65. The van der Waals surface area contributed by atoms with Gasteiger partial charge in [0.05, 0.1) is 25.6 Å². The Hall–Kier alpha value is -1.53. The normalized spacial score (nSPS) is 10.6. The molecule has 0 unspecified atom stereocenters. The zero-order valence-corrected chi connectivity index (χ0v) is 12.7. The highest BCUT2D eigenvalue weighted by Gasteiger charge is 2.18. The van der Waals surface area contributed by atoms with E-state index in [2.05, 4.69) is 25.9 Å². The second kappa shape index (κ2) is 5.63. The molecule has 19 heavy (non-hydrogen) atoms. The van der Waals surface area contributed by atoms with Crippen LogP contribution in [-0.2, 0) is 6.54 Å². The van der Waals surface area contributed by atoms with Gasteiger partial charge in [-0.15, -0.1) is 0 Å². The number of nitrogens with zero attached hydrogens (tertiary/aromatic N) is 1. The number of hydrogen-bond acceptors (Lipinski definition) is 4. The molecule has 5 nitrogen and oxygen atoms in total. The molecule has 6 heteroatoms. The fraction of sp³-hybridized carbons (Fsp3) is 0.308. The first kappa shape index (κ1) is 13.9. The van der Waals surface area contributed by atoms with Crippen molar-refractivity contribution in [3.63, 3.8) is 0 Å². The molecule has 0 fully saturated rings. The average molecular weight is 326 g/mol. The molecule has 0 bridgehead atoms. The van der Waals surface area contributed by atoms with E-state index in [9.17, 15) is 0 Å². The zero-order chi connectivity index (χ0) is 14.0. The fourth-order valence-corrected chi connectivity index (χ4v) is 2.51. The largest absolute Gasteiger partial charge is 0.496 e. The van der Waals surface area contributed by atoms with E-state index in [1.165, 1.54) is 0 Å². The lowest BCUT2D eigenvalue weighted by molar-refractivity contribution is 0.390. The third-order valence-corrected chi connectivity index (χ3v) is 3.36. The first-order chi connectivity index (χ1) is 9.12. The molecule has 2 aromatic rings. The minimum atomic E-state index is 0.377. The smallest absolute Gasteiger partial charge is 0.175 e. The first-order valence-electron chi connectivity index (χ1n) is 5.78. The summed E-state index contributed by atoms with van der Waals surface area (Å²) in [6.45, 7) is 2.33.